The molecule has 0 saturated carbocycles. The second-order valence-corrected chi connectivity index (χ2v) is 5.40. The number of aliphatic hydroxyl groups excluding tert-OH is 1. The van der Waals surface area contributed by atoms with Crippen LogP contribution in [0.3, 0.4) is 0 Å². The summed E-state index contributed by atoms with van der Waals surface area (Å²) < 4.78 is 0. The molecule has 2 nitrogen and oxygen atoms in total. The molecule has 112 valence electrons. The zero-order valence-corrected chi connectivity index (χ0v) is 13.0. The summed E-state index contributed by atoms with van der Waals surface area (Å²) in [5.74, 6) is 0. The van der Waals surface area contributed by atoms with Crippen LogP contribution >= 0.6 is 0 Å². The minimum absolute atomic E-state index is 0.415. The average molecular weight is 283 g/mol. The normalized spacial score (nSPS) is 12.6. The first-order valence-corrected chi connectivity index (χ1v) is 7.80. The van der Waals surface area contributed by atoms with Crippen LogP contribution in [0, 0.1) is 0 Å². The van der Waals surface area contributed by atoms with Gasteiger partial charge in [0, 0.05) is 6.54 Å². The van der Waals surface area contributed by atoms with Crippen LogP contribution in [-0.4, -0.2) is 29.6 Å². The fourth-order valence-corrected chi connectivity index (χ4v) is 2.57. The van der Waals surface area contributed by atoms with Gasteiger partial charge in [-0.3, -0.25) is 0 Å². The van der Waals surface area contributed by atoms with E-state index in [1.807, 2.05) is 30.3 Å². The largest absolute Gasteiger partial charge is 0.387 e. The predicted molar refractivity (Wildman–Crippen MR) is 89.2 cm³/mol. The van der Waals surface area contributed by atoms with Crippen molar-refractivity contribution in [3.05, 3.63) is 60.2 Å². The van der Waals surface area contributed by atoms with Crippen LogP contribution in [0.2, 0.25) is 0 Å². The number of hydrogen-bond donors (Lipinski definition) is 1. The molecular formula is C19H25NO. The number of rotatable bonds is 7. The first-order chi connectivity index (χ1) is 10.2. The van der Waals surface area contributed by atoms with Gasteiger partial charge in [-0.1, -0.05) is 68.4 Å². The lowest BCUT2D eigenvalue weighted by atomic mass is 10.0. The number of nitrogens with zero attached hydrogens (tertiary/aromatic N) is 1. The third-order valence-electron chi connectivity index (χ3n) is 3.82. The van der Waals surface area contributed by atoms with E-state index in [0.717, 1.165) is 25.1 Å². The van der Waals surface area contributed by atoms with Gasteiger partial charge in [0.15, 0.2) is 0 Å². The van der Waals surface area contributed by atoms with Gasteiger partial charge in [-0.2, -0.15) is 0 Å². The Morgan fingerprint density at radius 1 is 0.905 bits per heavy atom. The topological polar surface area (TPSA) is 23.5 Å². The van der Waals surface area contributed by atoms with Crippen LogP contribution in [0.4, 0.5) is 0 Å². The molecule has 0 aliphatic carbocycles. The molecule has 0 bridgehead atoms. The van der Waals surface area contributed by atoms with E-state index in [4.69, 9.17) is 0 Å². The number of hydrogen-bond acceptors (Lipinski definition) is 2. The number of benzene rings is 2. The van der Waals surface area contributed by atoms with Gasteiger partial charge >= 0.3 is 0 Å². The predicted octanol–water partition coefficient (Wildman–Crippen LogP) is 4.12. The Morgan fingerprint density at radius 3 is 2.10 bits per heavy atom. The molecule has 21 heavy (non-hydrogen) atoms. The third kappa shape index (κ3) is 4.42. The van der Waals surface area contributed by atoms with Crippen molar-refractivity contribution in [1.82, 2.24) is 4.90 Å². The lowest BCUT2D eigenvalue weighted by Gasteiger charge is -2.23. The first kappa shape index (κ1) is 15.7. The zero-order valence-electron chi connectivity index (χ0n) is 13.0. The van der Waals surface area contributed by atoms with E-state index in [2.05, 4.69) is 43.0 Å². The molecule has 1 unspecified atom stereocenters. The van der Waals surface area contributed by atoms with E-state index in [9.17, 15) is 5.11 Å². The van der Waals surface area contributed by atoms with Gasteiger partial charge in [-0.05, 0) is 36.2 Å². The van der Waals surface area contributed by atoms with E-state index >= 15 is 0 Å². The summed E-state index contributed by atoms with van der Waals surface area (Å²) in [6, 6.07) is 18.6. The average Bonchev–Trinajstić information content (AvgIpc) is 2.55. The van der Waals surface area contributed by atoms with Crippen LogP contribution in [0.25, 0.3) is 11.1 Å². The molecule has 0 amide bonds. The molecule has 0 radical (unpaired) electrons. The molecular weight excluding hydrogens is 258 g/mol. The standard InChI is InChI=1S/C19H25NO/c1-3-14-20(4-2)15-19(21)18-12-10-17(11-13-18)16-8-6-5-7-9-16/h5-13,19,21H,3-4,14-15H2,1-2H3. The van der Waals surface area contributed by atoms with Crippen molar-refractivity contribution < 1.29 is 5.11 Å². The second-order valence-electron chi connectivity index (χ2n) is 5.40. The van der Waals surface area contributed by atoms with Crippen molar-refractivity contribution in [2.24, 2.45) is 0 Å². The van der Waals surface area contributed by atoms with Crippen molar-refractivity contribution >= 4 is 0 Å². The lowest BCUT2D eigenvalue weighted by Crippen LogP contribution is -2.29. The summed E-state index contributed by atoms with van der Waals surface area (Å²) in [4.78, 5) is 2.29. The van der Waals surface area contributed by atoms with E-state index < -0.39 is 6.10 Å². The third-order valence-corrected chi connectivity index (χ3v) is 3.82. The fraction of sp³-hybridized carbons (Fsp3) is 0.368. The Kier molecular flexibility index (Phi) is 5.97. The van der Waals surface area contributed by atoms with E-state index in [1.165, 1.54) is 11.1 Å². The summed E-state index contributed by atoms with van der Waals surface area (Å²) in [6.45, 7) is 7.03. The molecule has 0 aliphatic rings. The Balaban J connectivity index is 2.04. The van der Waals surface area contributed by atoms with Crippen LogP contribution in [0.1, 0.15) is 31.9 Å². The molecule has 0 saturated heterocycles. The van der Waals surface area contributed by atoms with E-state index in [-0.39, 0.29) is 0 Å². The van der Waals surface area contributed by atoms with Crippen molar-refractivity contribution in [2.75, 3.05) is 19.6 Å². The smallest absolute Gasteiger partial charge is 0.0916 e. The highest BCUT2D eigenvalue weighted by Gasteiger charge is 2.11. The maximum absolute atomic E-state index is 10.4. The molecule has 0 aromatic heterocycles. The Morgan fingerprint density at radius 2 is 1.52 bits per heavy atom. The van der Waals surface area contributed by atoms with Crippen LogP contribution in [0.5, 0.6) is 0 Å². The fourth-order valence-electron chi connectivity index (χ4n) is 2.57. The maximum Gasteiger partial charge on any atom is 0.0916 e. The highest BCUT2D eigenvalue weighted by molar-refractivity contribution is 5.63. The highest BCUT2D eigenvalue weighted by atomic mass is 16.3. The van der Waals surface area contributed by atoms with Crippen LogP contribution in [0.15, 0.2) is 54.6 Å². The summed E-state index contributed by atoms with van der Waals surface area (Å²) >= 11 is 0. The molecule has 2 aromatic rings. The van der Waals surface area contributed by atoms with Crippen molar-refractivity contribution in [2.45, 2.75) is 26.4 Å². The van der Waals surface area contributed by atoms with Crippen molar-refractivity contribution in [1.29, 1.82) is 0 Å². The van der Waals surface area contributed by atoms with Crippen molar-refractivity contribution in [3.63, 3.8) is 0 Å². The second kappa shape index (κ2) is 7.96. The summed E-state index contributed by atoms with van der Waals surface area (Å²) in [5.41, 5.74) is 3.39. The molecule has 2 aromatic carbocycles. The van der Waals surface area contributed by atoms with Crippen molar-refractivity contribution in [3.8, 4) is 11.1 Å². The van der Waals surface area contributed by atoms with Gasteiger partial charge in [0.25, 0.3) is 0 Å². The first-order valence-electron chi connectivity index (χ1n) is 7.80. The van der Waals surface area contributed by atoms with Gasteiger partial charge in [0.2, 0.25) is 0 Å². The summed E-state index contributed by atoms with van der Waals surface area (Å²) in [6.07, 6.45) is 0.703. The van der Waals surface area contributed by atoms with Gasteiger partial charge in [-0.25, -0.2) is 0 Å². The van der Waals surface area contributed by atoms with Gasteiger partial charge in [0.05, 0.1) is 6.10 Å². The molecule has 0 aliphatic heterocycles. The molecule has 1 N–H and O–H groups in total. The molecule has 0 spiro atoms. The quantitative estimate of drug-likeness (QED) is 0.826. The SMILES string of the molecule is CCCN(CC)CC(O)c1ccc(-c2ccccc2)cc1. The molecule has 0 fully saturated rings. The minimum Gasteiger partial charge on any atom is -0.387 e. The van der Waals surface area contributed by atoms with Gasteiger partial charge in [0.1, 0.15) is 0 Å². The zero-order chi connectivity index (χ0) is 15.1. The number of likely N-dealkylation sites (N-methyl/N-ethyl adjacent to an activating group) is 1. The van der Waals surface area contributed by atoms with E-state index in [1.54, 1.807) is 0 Å². The molecule has 0 heterocycles. The Labute approximate surface area is 128 Å². The Hall–Kier alpha value is -1.64. The van der Waals surface area contributed by atoms with Gasteiger partial charge in [-0.15, -0.1) is 0 Å². The molecule has 1 atom stereocenters. The van der Waals surface area contributed by atoms with Crippen LogP contribution in [-0.2, 0) is 0 Å². The van der Waals surface area contributed by atoms with Crippen LogP contribution < -0.4 is 0 Å². The Bertz CT molecular complexity index is 521. The summed E-state index contributed by atoms with van der Waals surface area (Å²) in [5, 5.41) is 10.4. The molecule has 2 rings (SSSR count). The van der Waals surface area contributed by atoms with Gasteiger partial charge < -0.3 is 10.0 Å². The maximum atomic E-state index is 10.4. The highest BCUT2D eigenvalue weighted by Crippen LogP contribution is 2.22. The lowest BCUT2D eigenvalue weighted by molar-refractivity contribution is 0.116. The molecule has 2 heteroatoms. The summed E-state index contributed by atoms with van der Waals surface area (Å²) in [7, 11) is 0. The minimum atomic E-state index is -0.415. The number of aliphatic hydroxyl groups is 1. The van der Waals surface area contributed by atoms with E-state index in [0.29, 0.717) is 6.54 Å². The monoisotopic (exact) mass is 283 g/mol.